The lowest BCUT2D eigenvalue weighted by molar-refractivity contribution is -0.116. The first kappa shape index (κ1) is 15.5. The van der Waals surface area contributed by atoms with E-state index in [9.17, 15) is 4.39 Å². The molecule has 0 radical (unpaired) electrons. The zero-order valence-corrected chi connectivity index (χ0v) is 12.9. The van der Waals surface area contributed by atoms with Crippen LogP contribution in [0.2, 0.25) is 0 Å². The largest absolute Gasteiger partial charge is 0.378 e. The predicted octanol–water partition coefficient (Wildman–Crippen LogP) is 3.55. The van der Waals surface area contributed by atoms with Gasteiger partial charge in [-0.2, -0.15) is 0 Å². The van der Waals surface area contributed by atoms with Gasteiger partial charge in [0.05, 0.1) is 6.10 Å². The molecular formula is C17H26FNO. The first-order valence-corrected chi connectivity index (χ1v) is 7.55. The normalized spacial score (nSPS) is 26.1. The van der Waals surface area contributed by atoms with Crippen LogP contribution >= 0.6 is 0 Å². The summed E-state index contributed by atoms with van der Waals surface area (Å²) in [5.74, 6) is -0.172. The van der Waals surface area contributed by atoms with Crippen LogP contribution in [0.25, 0.3) is 0 Å². The van der Waals surface area contributed by atoms with E-state index in [-0.39, 0.29) is 11.2 Å². The minimum absolute atomic E-state index is 0.172. The smallest absolute Gasteiger partial charge is 0.123 e. The zero-order chi connectivity index (χ0) is 14.8. The number of nitrogens with one attached hydrogen (secondary N) is 1. The van der Waals surface area contributed by atoms with Crippen molar-refractivity contribution in [1.82, 2.24) is 5.32 Å². The van der Waals surface area contributed by atoms with Crippen molar-refractivity contribution in [3.05, 3.63) is 35.6 Å². The van der Waals surface area contributed by atoms with E-state index in [1.54, 1.807) is 0 Å². The van der Waals surface area contributed by atoms with Gasteiger partial charge in [-0.05, 0) is 44.4 Å². The van der Waals surface area contributed by atoms with Crippen LogP contribution < -0.4 is 5.32 Å². The second-order valence-electron chi connectivity index (χ2n) is 6.45. The number of ether oxygens (including phenoxy) is 1. The third kappa shape index (κ3) is 3.39. The SMILES string of the molecule is CCOC1CC(NC(C)Cc2ccc(F)cc2)C1(C)C. The molecule has 3 atom stereocenters. The maximum atomic E-state index is 12.9. The Kier molecular flexibility index (Phi) is 4.82. The highest BCUT2D eigenvalue weighted by Gasteiger charge is 2.48. The minimum atomic E-state index is -0.172. The van der Waals surface area contributed by atoms with Gasteiger partial charge in [-0.25, -0.2) is 4.39 Å². The summed E-state index contributed by atoms with van der Waals surface area (Å²) in [7, 11) is 0. The Labute approximate surface area is 121 Å². The van der Waals surface area contributed by atoms with E-state index >= 15 is 0 Å². The van der Waals surface area contributed by atoms with E-state index in [1.165, 1.54) is 17.7 Å². The molecule has 1 aliphatic rings. The highest BCUT2D eigenvalue weighted by Crippen LogP contribution is 2.42. The summed E-state index contributed by atoms with van der Waals surface area (Å²) in [6.07, 6.45) is 2.36. The van der Waals surface area contributed by atoms with Crippen molar-refractivity contribution < 1.29 is 9.13 Å². The van der Waals surface area contributed by atoms with Gasteiger partial charge in [-0.15, -0.1) is 0 Å². The number of hydrogen-bond acceptors (Lipinski definition) is 2. The van der Waals surface area contributed by atoms with Crippen LogP contribution in [0.3, 0.4) is 0 Å². The van der Waals surface area contributed by atoms with Crippen molar-refractivity contribution >= 4 is 0 Å². The average Bonchev–Trinajstić information content (AvgIpc) is 2.40. The van der Waals surface area contributed by atoms with Gasteiger partial charge in [0.25, 0.3) is 0 Å². The minimum Gasteiger partial charge on any atom is -0.378 e. The highest BCUT2D eigenvalue weighted by molar-refractivity contribution is 5.17. The first-order valence-electron chi connectivity index (χ1n) is 7.55. The molecule has 1 fully saturated rings. The lowest BCUT2D eigenvalue weighted by Gasteiger charge is -2.52. The summed E-state index contributed by atoms with van der Waals surface area (Å²) in [5.41, 5.74) is 1.36. The van der Waals surface area contributed by atoms with Crippen LogP contribution in [-0.2, 0) is 11.2 Å². The predicted molar refractivity (Wildman–Crippen MR) is 80.3 cm³/mol. The van der Waals surface area contributed by atoms with E-state index in [2.05, 4.69) is 26.1 Å². The molecule has 0 aromatic heterocycles. The molecule has 20 heavy (non-hydrogen) atoms. The van der Waals surface area contributed by atoms with Crippen molar-refractivity contribution in [1.29, 1.82) is 0 Å². The van der Waals surface area contributed by atoms with Gasteiger partial charge >= 0.3 is 0 Å². The van der Waals surface area contributed by atoms with Gasteiger partial charge in [-0.3, -0.25) is 0 Å². The van der Waals surface area contributed by atoms with Crippen molar-refractivity contribution in [2.45, 2.75) is 58.7 Å². The maximum Gasteiger partial charge on any atom is 0.123 e. The molecular weight excluding hydrogens is 253 g/mol. The molecule has 112 valence electrons. The van der Waals surface area contributed by atoms with Crippen molar-refractivity contribution in [3.63, 3.8) is 0 Å². The summed E-state index contributed by atoms with van der Waals surface area (Å²) < 4.78 is 18.6. The van der Waals surface area contributed by atoms with Gasteiger partial charge in [0.2, 0.25) is 0 Å². The van der Waals surface area contributed by atoms with Gasteiger partial charge in [-0.1, -0.05) is 26.0 Å². The number of benzene rings is 1. The Balaban J connectivity index is 1.83. The lowest BCUT2D eigenvalue weighted by atomic mass is 9.64. The third-order valence-corrected chi connectivity index (χ3v) is 4.49. The molecule has 1 N–H and O–H groups in total. The summed E-state index contributed by atoms with van der Waals surface area (Å²) in [6.45, 7) is 9.55. The van der Waals surface area contributed by atoms with E-state index in [1.807, 2.05) is 19.1 Å². The molecule has 1 aromatic carbocycles. The second kappa shape index (κ2) is 6.23. The number of rotatable bonds is 6. The first-order chi connectivity index (χ1) is 9.43. The lowest BCUT2D eigenvalue weighted by Crippen LogP contribution is -2.62. The fourth-order valence-electron chi connectivity index (χ4n) is 3.03. The average molecular weight is 279 g/mol. The van der Waals surface area contributed by atoms with Crippen LogP contribution in [0.1, 0.15) is 39.7 Å². The zero-order valence-electron chi connectivity index (χ0n) is 12.9. The Morgan fingerprint density at radius 3 is 2.55 bits per heavy atom. The van der Waals surface area contributed by atoms with Crippen molar-refractivity contribution in [2.75, 3.05) is 6.61 Å². The van der Waals surface area contributed by atoms with Crippen molar-refractivity contribution in [2.24, 2.45) is 5.41 Å². The molecule has 0 amide bonds. The number of halogens is 1. The molecule has 0 saturated heterocycles. The van der Waals surface area contributed by atoms with E-state index in [0.717, 1.165) is 19.4 Å². The van der Waals surface area contributed by atoms with Crippen LogP contribution in [0, 0.1) is 11.2 Å². The van der Waals surface area contributed by atoms with E-state index < -0.39 is 0 Å². The van der Waals surface area contributed by atoms with Crippen LogP contribution in [0.5, 0.6) is 0 Å². The molecule has 0 aliphatic heterocycles. The molecule has 1 aromatic rings. The Morgan fingerprint density at radius 1 is 1.35 bits per heavy atom. The fraction of sp³-hybridized carbons (Fsp3) is 0.647. The van der Waals surface area contributed by atoms with Crippen LogP contribution in [-0.4, -0.2) is 24.8 Å². The molecule has 0 bridgehead atoms. The Hall–Kier alpha value is -0.930. The topological polar surface area (TPSA) is 21.3 Å². The van der Waals surface area contributed by atoms with Gasteiger partial charge in [0.15, 0.2) is 0 Å². The summed E-state index contributed by atoms with van der Waals surface area (Å²) in [6, 6.07) is 7.66. The van der Waals surface area contributed by atoms with Gasteiger partial charge < -0.3 is 10.1 Å². The summed E-state index contributed by atoms with van der Waals surface area (Å²) >= 11 is 0. The van der Waals surface area contributed by atoms with Crippen LogP contribution in [0.4, 0.5) is 4.39 Å². The highest BCUT2D eigenvalue weighted by atomic mass is 19.1. The molecule has 0 spiro atoms. The molecule has 3 unspecified atom stereocenters. The van der Waals surface area contributed by atoms with Gasteiger partial charge in [0, 0.05) is 24.1 Å². The van der Waals surface area contributed by atoms with Crippen LogP contribution in [0.15, 0.2) is 24.3 Å². The molecule has 1 saturated carbocycles. The maximum absolute atomic E-state index is 12.9. The van der Waals surface area contributed by atoms with Gasteiger partial charge in [0.1, 0.15) is 5.82 Å². The molecule has 0 heterocycles. The fourth-order valence-corrected chi connectivity index (χ4v) is 3.03. The summed E-state index contributed by atoms with van der Waals surface area (Å²) in [4.78, 5) is 0. The number of hydrogen-bond donors (Lipinski definition) is 1. The van der Waals surface area contributed by atoms with E-state index in [4.69, 9.17) is 4.74 Å². The van der Waals surface area contributed by atoms with E-state index in [0.29, 0.717) is 18.2 Å². The monoisotopic (exact) mass is 279 g/mol. The quantitative estimate of drug-likeness (QED) is 0.860. The second-order valence-corrected chi connectivity index (χ2v) is 6.45. The summed E-state index contributed by atoms with van der Waals surface area (Å²) in [5, 5.41) is 3.68. The molecule has 3 heteroatoms. The molecule has 1 aliphatic carbocycles. The standard InChI is InChI=1S/C17H26FNO/c1-5-20-16-11-15(17(16,3)4)19-12(2)10-13-6-8-14(18)9-7-13/h6-9,12,15-16,19H,5,10-11H2,1-4H3. The molecule has 2 nitrogen and oxygen atoms in total. The third-order valence-electron chi connectivity index (χ3n) is 4.49. The Morgan fingerprint density at radius 2 is 2.00 bits per heavy atom. The van der Waals surface area contributed by atoms with Crippen molar-refractivity contribution in [3.8, 4) is 0 Å². The molecule has 2 rings (SSSR count). The Bertz CT molecular complexity index is 429.